The third-order valence-electron chi connectivity index (χ3n) is 3.70. The van der Waals surface area contributed by atoms with E-state index in [1.54, 1.807) is 19.2 Å². The fourth-order valence-corrected chi connectivity index (χ4v) is 2.55. The summed E-state index contributed by atoms with van der Waals surface area (Å²) in [6.07, 6.45) is 1.54. The van der Waals surface area contributed by atoms with E-state index in [1.807, 2.05) is 6.07 Å². The first-order chi connectivity index (χ1) is 11.0. The average Bonchev–Trinajstić information content (AvgIpc) is 2.51. The second-order valence-corrected chi connectivity index (χ2v) is 6.18. The first kappa shape index (κ1) is 17.3. The fourth-order valence-electron chi connectivity index (χ4n) is 2.55. The van der Waals surface area contributed by atoms with Crippen LogP contribution in [0.1, 0.15) is 37.0 Å². The van der Waals surface area contributed by atoms with Gasteiger partial charge in [-0.05, 0) is 37.0 Å². The number of benzene rings is 1. The molecule has 3 N–H and O–H groups in total. The largest absolute Gasteiger partial charge is 0.385 e. The van der Waals surface area contributed by atoms with E-state index in [4.69, 9.17) is 4.74 Å². The zero-order valence-corrected chi connectivity index (χ0v) is 13.9. The first-order valence-electron chi connectivity index (χ1n) is 8.00. The summed E-state index contributed by atoms with van der Waals surface area (Å²) in [6.45, 7) is 5.34. The lowest BCUT2D eigenvalue weighted by atomic mass is 10.00. The van der Waals surface area contributed by atoms with Crippen molar-refractivity contribution in [2.45, 2.75) is 32.7 Å². The number of fused-ring (bicyclic) bond motifs is 1. The molecule has 0 aromatic heterocycles. The van der Waals surface area contributed by atoms with Crippen LogP contribution in [0.4, 0.5) is 11.4 Å². The van der Waals surface area contributed by atoms with Gasteiger partial charge < -0.3 is 20.7 Å². The van der Waals surface area contributed by atoms with E-state index in [1.165, 1.54) is 0 Å². The summed E-state index contributed by atoms with van der Waals surface area (Å²) < 4.78 is 4.95. The molecule has 0 saturated heterocycles. The maximum atomic E-state index is 12.1. The van der Waals surface area contributed by atoms with E-state index >= 15 is 0 Å². The van der Waals surface area contributed by atoms with Crippen LogP contribution in [-0.2, 0) is 9.53 Å². The minimum Gasteiger partial charge on any atom is -0.385 e. The van der Waals surface area contributed by atoms with Crippen LogP contribution in [0.3, 0.4) is 0 Å². The van der Waals surface area contributed by atoms with Crippen LogP contribution in [0, 0.1) is 5.92 Å². The van der Waals surface area contributed by atoms with Gasteiger partial charge in [0.1, 0.15) is 6.04 Å². The second kappa shape index (κ2) is 7.97. The van der Waals surface area contributed by atoms with E-state index in [9.17, 15) is 9.59 Å². The SMILES string of the molecule is COCCCNC(=O)c1ccc2c(c1)NC(=O)C(CC(C)C)N2. The van der Waals surface area contributed by atoms with Crippen molar-refractivity contribution < 1.29 is 14.3 Å². The van der Waals surface area contributed by atoms with Crippen LogP contribution in [0.2, 0.25) is 0 Å². The standard InChI is InChI=1S/C17H25N3O3/c1-11(2)9-15-17(22)20-14-10-12(5-6-13(14)19-15)16(21)18-7-4-8-23-3/h5-6,10-11,15,19H,4,7-9H2,1-3H3,(H,18,21)(H,20,22). The lowest BCUT2D eigenvalue weighted by Crippen LogP contribution is -2.39. The van der Waals surface area contributed by atoms with Gasteiger partial charge in [-0.3, -0.25) is 9.59 Å². The van der Waals surface area contributed by atoms with Gasteiger partial charge in [-0.1, -0.05) is 13.8 Å². The molecule has 6 nitrogen and oxygen atoms in total. The minimum atomic E-state index is -0.226. The molecule has 0 spiro atoms. The summed E-state index contributed by atoms with van der Waals surface area (Å²) in [4.78, 5) is 24.2. The Balaban J connectivity index is 2.01. The van der Waals surface area contributed by atoms with Crippen molar-refractivity contribution in [3.05, 3.63) is 23.8 Å². The summed E-state index contributed by atoms with van der Waals surface area (Å²) in [6, 6.07) is 5.08. The van der Waals surface area contributed by atoms with Gasteiger partial charge in [-0.15, -0.1) is 0 Å². The number of carbonyl (C=O) groups excluding carboxylic acids is 2. The molecule has 6 heteroatoms. The Kier molecular flexibility index (Phi) is 5.98. The highest BCUT2D eigenvalue weighted by Gasteiger charge is 2.26. The highest BCUT2D eigenvalue weighted by atomic mass is 16.5. The minimum absolute atomic E-state index is 0.0520. The molecular formula is C17H25N3O3. The summed E-state index contributed by atoms with van der Waals surface area (Å²) in [5.74, 6) is 0.225. The summed E-state index contributed by atoms with van der Waals surface area (Å²) in [5, 5.41) is 8.96. The zero-order valence-electron chi connectivity index (χ0n) is 13.9. The Hall–Kier alpha value is -2.08. The molecule has 2 rings (SSSR count). The Morgan fingerprint density at radius 1 is 1.35 bits per heavy atom. The number of amides is 2. The summed E-state index contributed by atoms with van der Waals surface area (Å²) in [7, 11) is 1.63. The molecular weight excluding hydrogens is 294 g/mol. The normalized spacial score (nSPS) is 16.5. The van der Waals surface area contributed by atoms with Crippen molar-refractivity contribution in [2.75, 3.05) is 30.9 Å². The van der Waals surface area contributed by atoms with E-state index in [2.05, 4.69) is 29.8 Å². The van der Waals surface area contributed by atoms with Gasteiger partial charge in [0, 0.05) is 25.8 Å². The number of nitrogens with one attached hydrogen (secondary N) is 3. The zero-order chi connectivity index (χ0) is 16.8. The molecule has 1 atom stereocenters. The van der Waals surface area contributed by atoms with Gasteiger partial charge in [0.15, 0.2) is 0 Å². The number of carbonyl (C=O) groups is 2. The highest BCUT2D eigenvalue weighted by molar-refractivity contribution is 6.05. The molecule has 0 bridgehead atoms. The summed E-state index contributed by atoms with van der Waals surface area (Å²) >= 11 is 0. The number of ether oxygens (including phenoxy) is 1. The predicted octanol–water partition coefficient (Wildman–Crippen LogP) is 2.23. The van der Waals surface area contributed by atoms with E-state index in [0.717, 1.165) is 18.5 Å². The van der Waals surface area contributed by atoms with Crippen LogP contribution < -0.4 is 16.0 Å². The van der Waals surface area contributed by atoms with Crippen molar-refractivity contribution in [1.29, 1.82) is 0 Å². The molecule has 0 saturated carbocycles. The third-order valence-corrected chi connectivity index (χ3v) is 3.70. The Labute approximate surface area is 137 Å². The molecule has 23 heavy (non-hydrogen) atoms. The van der Waals surface area contributed by atoms with Crippen LogP contribution in [0.5, 0.6) is 0 Å². The van der Waals surface area contributed by atoms with Gasteiger partial charge >= 0.3 is 0 Å². The highest BCUT2D eigenvalue weighted by Crippen LogP contribution is 2.29. The van der Waals surface area contributed by atoms with Gasteiger partial charge in [0.2, 0.25) is 5.91 Å². The maximum absolute atomic E-state index is 12.1. The smallest absolute Gasteiger partial charge is 0.251 e. The first-order valence-corrected chi connectivity index (χ1v) is 8.00. The van der Waals surface area contributed by atoms with Crippen LogP contribution in [0.25, 0.3) is 0 Å². The number of anilines is 2. The predicted molar refractivity (Wildman–Crippen MR) is 90.8 cm³/mol. The molecule has 1 aromatic rings. The lowest BCUT2D eigenvalue weighted by molar-refractivity contribution is -0.117. The molecule has 1 aromatic carbocycles. The van der Waals surface area contributed by atoms with E-state index in [-0.39, 0.29) is 17.9 Å². The van der Waals surface area contributed by atoms with Gasteiger partial charge in [-0.2, -0.15) is 0 Å². The number of methoxy groups -OCH3 is 1. The average molecular weight is 319 g/mol. The molecule has 0 aliphatic carbocycles. The van der Waals surface area contributed by atoms with Crippen LogP contribution in [0.15, 0.2) is 18.2 Å². The molecule has 1 unspecified atom stereocenters. The topological polar surface area (TPSA) is 79.5 Å². The third kappa shape index (κ3) is 4.69. The quantitative estimate of drug-likeness (QED) is 0.673. The molecule has 0 fully saturated rings. The van der Waals surface area contributed by atoms with E-state index in [0.29, 0.717) is 30.3 Å². The number of hydrogen-bond acceptors (Lipinski definition) is 4. The van der Waals surface area contributed by atoms with Gasteiger partial charge in [-0.25, -0.2) is 0 Å². The molecule has 1 aliphatic rings. The van der Waals surface area contributed by atoms with Crippen molar-refractivity contribution >= 4 is 23.2 Å². The van der Waals surface area contributed by atoms with Crippen LogP contribution >= 0.6 is 0 Å². The van der Waals surface area contributed by atoms with Gasteiger partial charge in [0.05, 0.1) is 11.4 Å². The molecule has 1 aliphatic heterocycles. The summed E-state index contributed by atoms with van der Waals surface area (Å²) in [5.41, 5.74) is 2.04. The van der Waals surface area contributed by atoms with Crippen LogP contribution in [-0.4, -0.2) is 38.1 Å². The van der Waals surface area contributed by atoms with E-state index < -0.39 is 0 Å². The molecule has 2 amide bonds. The lowest BCUT2D eigenvalue weighted by Gasteiger charge is -2.28. The maximum Gasteiger partial charge on any atom is 0.251 e. The van der Waals surface area contributed by atoms with Gasteiger partial charge in [0.25, 0.3) is 5.91 Å². The van der Waals surface area contributed by atoms with Crippen molar-refractivity contribution in [3.63, 3.8) is 0 Å². The fraction of sp³-hybridized carbons (Fsp3) is 0.529. The Morgan fingerprint density at radius 2 is 2.13 bits per heavy atom. The van der Waals surface area contributed by atoms with Crippen molar-refractivity contribution in [3.8, 4) is 0 Å². The molecule has 0 radical (unpaired) electrons. The van der Waals surface area contributed by atoms with Crippen molar-refractivity contribution in [2.24, 2.45) is 5.92 Å². The molecule has 1 heterocycles. The molecule has 126 valence electrons. The van der Waals surface area contributed by atoms with Crippen molar-refractivity contribution in [1.82, 2.24) is 5.32 Å². The Bertz CT molecular complexity index is 572. The second-order valence-electron chi connectivity index (χ2n) is 6.18. The monoisotopic (exact) mass is 319 g/mol. The number of rotatable bonds is 7. The number of hydrogen-bond donors (Lipinski definition) is 3. The Morgan fingerprint density at radius 3 is 2.83 bits per heavy atom.